The largest absolute Gasteiger partial charge is 0.454 e. The number of carbonyl (C=O) groups excluding carboxylic acids is 1. The Labute approximate surface area is 113 Å². The Bertz CT molecular complexity index is 623. The van der Waals surface area contributed by atoms with Gasteiger partial charge in [-0.1, -0.05) is 0 Å². The van der Waals surface area contributed by atoms with Crippen molar-refractivity contribution in [2.24, 2.45) is 5.10 Å². The summed E-state index contributed by atoms with van der Waals surface area (Å²) < 4.78 is 10.4. The molecule has 0 spiro atoms. The highest BCUT2D eigenvalue weighted by Gasteiger charge is 2.15. The smallest absolute Gasteiger partial charge is 0.271 e. The van der Waals surface area contributed by atoms with E-state index in [4.69, 9.17) is 9.47 Å². The molecule has 0 saturated carbocycles. The molecule has 0 saturated heterocycles. The van der Waals surface area contributed by atoms with Crippen LogP contribution in [0, 0.1) is 0 Å². The van der Waals surface area contributed by atoms with Gasteiger partial charge in [-0.3, -0.25) is 4.79 Å². The van der Waals surface area contributed by atoms with Crippen LogP contribution in [-0.4, -0.2) is 18.9 Å². The first-order valence-electron chi connectivity index (χ1n) is 5.58. The summed E-state index contributed by atoms with van der Waals surface area (Å²) in [7, 11) is 0. The number of rotatable bonds is 3. The van der Waals surface area contributed by atoms with Gasteiger partial charge in [-0.2, -0.15) is 16.4 Å². The van der Waals surface area contributed by atoms with Crippen molar-refractivity contribution in [3.8, 4) is 11.5 Å². The van der Waals surface area contributed by atoms with E-state index in [1.165, 1.54) is 0 Å². The first-order chi connectivity index (χ1) is 9.33. The summed E-state index contributed by atoms with van der Waals surface area (Å²) in [5, 5.41) is 7.78. The fraction of sp³-hybridized carbons (Fsp3) is 0.0769. The van der Waals surface area contributed by atoms with Crippen molar-refractivity contribution >= 4 is 23.5 Å². The quantitative estimate of drug-likeness (QED) is 0.689. The second kappa shape index (κ2) is 5.11. The molecule has 0 atom stereocenters. The minimum atomic E-state index is -0.287. The van der Waals surface area contributed by atoms with Crippen molar-refractivity contribution in [2.45, 2.75) is 0 Å². The average Bonchev–Trinajstić information content (AvgIpc) is 3.08. The lowest BCUT2D eigenvalue weighted by molar-refractivity contribution is 0.0954. The van der Waals surface area contributed by atoms with Crippen LogP contribution in [0.5, 0.6) is 11.5 Å². The number of nitrogens with one attached hydrogen (secondary N) is 1. The van der Waals surface area contributed by atoms with Gasteiger partial charge in [0.05, 0.1) is 6.21 Å². The van der Waals surface area contributed by atoms with E-state index in [1.807, 2.05) is 16.8 Å². The lowest BCUT2D eigenvalue weighted by atomic mass is 10.2. The fourth-order valence-electron chi connectivity index (χ4n) is 1.62. The number of hydrogen-bond acceptors (Lipinski definition) is 5. The maximum atomic E-state index is 11.9. The molecular weight excluding hydrogens is 264 g/mol. The number of nitrogens with zero attached hydrogens (tertiary/aromatic N) is 1. The number of ether oxygens (including phenoxy) is 2. The van der Waals surface area contributed by atoms with Gasteiger partial charge in [0.25, 0.3) is 5.91 Å². The van der Waals surface area contributed by atoms with E-state index in [0.29, 0.717) is 17.1 Å². The molecular formula is C13H10N2O3S. The number of fused-ring (bicyclic) bond motifs is 1. The standard InChI is InChI=1S/C13H10N2O3S/c16-13(15-14-6-9-3-4-19-7-9)10-1-2-11-12(5-10)18-8-17-11/h1-7H,8H2,(H,15,16)/b14-6-. The highest BCUT2D eigenvalue weighted by atomic mass is 32.1. The number of thiophene rings is 1. The molecule has 1 aromatic heterocycles. The van der Waals surface area contributed by atoms with Gasteiger partial charge in [-0.15, -0.1) is 0 Å². The molecule has 1 N–H and O–H groups in total. The molecule has 5 nitrogen and oxygen atoms in total. The Kier molecular flexibility index (Phi) is 3.16. The van der Waals surface area contributed by atoms with Crippen molar-refractivity contribution in [3.05, 3.63) is 46.2 Å². The molecule has 96 valence electrons. The number of benzene rings is 1. The van der Waals surface area contributed by atoms with Gasteiger partial charge < -0.3 is 9.47 Å². The summed E-state index contributed by atoms with van der Waals surface area (Å²) in [6, 6.07) is 6.93. The summed E-state index contributed by atoms with van der Waals surface area (Å²) in [6.07, 6.45) is 1.60. The predicted molar refractivity (Wildman–Crippen MR) is 71.9 cm³/mol. The van der Waals surface area contributed by atoms with Crippen LogP contribution < -0.4 is 14.9 Å². The summed E-state index contributed by atoms with van der Waals surface area (Å²) in [5.74, 6) is 0.942. The molecule has 0 fully saturated rings. The molecule has 2 aromatic rings. The number of amides is 1. The monoisotopic (exact) mass is 274 g/mol. The maximum Gasteiger partial charge on any atom is 0.271 e. The number of carbonyl (C=O) groups is 1. The zero-order valence-corrected chi connectivity index (χ0v) is 10.6. The van der Waals surface area contributed by atoms with Gasteiger partial charge in [0.2, 0.25) is 6.79 Å². The van der Waals surface area contributed by atoms with Crippen LogP contribution in [0.25, 0.3) is 0 Å². The van der Waals surface area contributed by atoms with E-state index >= 15 is 0 Å². The van der Waals surface area contributed by atoms with E-state index in [9.17, 15) is 4.79 Å². The maximum absolute atomic E-state index is 11.9. The van der Waals surface area contributed by atoms with Crippen molar-refractivity contribution in [2.75, 3.05) is 6.79 Å². The Hall–Kier alpha value is -2.34. The molecule has 0 unspecified atom stereocenters. The van der Waals surface area contributed by atoms with Crippen molar-refractivity contribution in [1.82, 2.24) is 5.43 Å². The van der Waals surface area contributed by atoms with Crippen molar-refractivity contribution in [1.29, 1.82) is 0 Å². The molecule has 1 aliphatic rings. The summed E-state index contributed by atoms with van der Waals surface area (Å²) in [5.41, 5.74) is 3.90. The molecule has 1 aliphatic heterocycles. The highest BCUT2D eigenvalue weighted by Crippen LogP contribution is 2.32. The molecule has 2 heterocycles. The zero-order chi connectivity index (χ0) is 13.1. The van der Waals surface area contributed by atoms with Gasteiger partial charge in [0, 0.05) is 11.1 Å². The summed E-state index contributed by atoms with van der Waals surface area (Å²) in [6.45, 7) is 0.191. The molecule has 6 heteroatoms. The molecule has 0 radical (unpaired) electrons. The van der Waals surface area contributed by atoms with Crippen molar-refractivity contribution in [3.63, 3.8) is 0 Å². The van der Waals surface area contributed by atoms with Gasteiger partial charge in [-0.25, -0.2) is 5.43 Å². The Morgan fingerprint density at radius 2 is 2.21 bits per heavy atom. The first-order valence-corrected chi connectivity index (χ1v) is 6.52. The van der Waals surface area contributed by atoms with Gasteiger partial charge in [0.1, 0.15) is 0 Å². The van der Waals surface area contributed by atoms with Crippen LogP contribution >= 0.6 is 11.3 Å². The van der Waals surface area contributed by atoms with Crippen molar-refractivity contribution < 1.29 is 14.3 Å². The van der Waals surface area contributed by atoms with Crippen LogP contribution in [0.1, 0.15) is 15.9 Å². The fourth-order valence-corrected chi connectivity index (χ4v) is 2.23. The molecule has 1 aromatic carbocycles. The van der Waals surface area contributed by atoms with E-state index in [1.54, 1.807) is 35.8 Å². The predicted octanol–water partition coefficient (Wildman–Crippen LogP) is 2.24. The van der Waals surface area contributed by atoms with Crippen LogP contribution in [0.3, 0.4) is 0 Å². The minimum Gasteiger partial charge on any atom is -0.454 e. The lowest BCUT2D eigenvalue weighted by Crippen LogP contribution is -2.17. The lowest BCUT2D eigenvalue weighted by Gasteiger charge is -2.01. The van der Waals surface area contributed by atoms with Gasteiger partial charge in [0.15, 0.2) is 11.5 Å². The molecule has 3 rings (SSSR count). The van der Waals surface area contributed by atoms with E-state index in [2.05, 4.69) is 10.5 Å². The minimum absolute atomic E-state index is 0.191. The van der Waals surface area contributed by atoms with Gasteiger partial charge >= 0.3 is 0 Å². The third-order valence-corrected chi connectivity index (χ3v) is 3.26. The van der Waals surface area contributed by atoms with Crippen LogP contribution in [-0.2, 0) is 0 Å². The van der Waals surface area contributed by atoms with Gasteiger partial charge in [-0.05, 0) is 35.0 Å². The number of hydrogen-bond donors (Lipinski definition) is 1. The van der Waals surface area contributed by atoms with Crippen LogP contribution in [0.2, 0.25) is 0 Å². The van der Waals surface area contributed by atoms with E-state index < -0.39 is 0 Å². The van der Waals surface area contributed by atoms with E-state index in [0.717, 1.165) is 5.56 Å². The Balaban J connectivity index is 1.67. The SMILES string of the molecule is O=C(N/N=C\c1ccsc1)c1ccc2c(c1)OCO2. The van der Waals surface area contributed by atoms with E-state index in [-0.39, 0.29) is 12.7 Å². The number of hydrazone groups is 1. The summed E-state index contributed by atoms with van der Waals surface area (Å²) >= 11 is 1.57. The second-order valence-electron chi connectivity index (χ2n) is 3.82. The first kappa shape index (κ1) is 11.7. The Morgan fingerprint density at radius 3 is 3.05 bits per heavy atom. The Morgan fingerprint density at radius 1 is 1.32 bits per heavy atom. The highest BCUT2D eigenvalue weighted by molar-refractivity contribution is 7.08. The molecule has 0 bridgehead atoms. The molecule has 0 aliphatic carbocycles. The van der Waals surface area contributed by atoms with Crippen LogP contribution in [0.15, 0.2) is 40.1 Å². The zero-order valence-electron chi connectivity index (χ0n) is 9.83. The summed E-state index contributed by atoms with van der Waals surface area (Å²) in [4.78, 5) is 11.9. The third-order valence-electron chi connectivity index (χ3n) is 2.56. The van der Waals surface area contributed by atoms with Crippen LogP contribution in [0.4, 0.5) is 0 Å². The molecule has 1 amide bonds. The normalized spacial score (nSPS) is 12.8. The average molecular weight is 274 g/mol. The third kappa shape index (κ3) is 2.58. The second-order valence-corrected chi connectivity index (χ2v) is 4.60. The topological polar surface area (TPSA) is 59.9 Å². The molecule has 19 heavy (non-hydrogen) atoms.